The van der Waals surface area contributed by atoms with Crippen molar-refractivity contribution in [2.45, 2.75) is 52.0 Å². The predicted molar refractivity (Wildman–Crippen MR) is 91.4 cm³/mol. The molecule has 0 radical (unpaired) electrons. The summed E-state index contributed by atoms with van der Waals surface area (Å²) < 4.78 is 1.80. The number of rotatable bonds is 5. The van der Waals surface area contributed by atoms with Crippen LogP contribution in [-0.4, -0.2) is 22.2 Å². The maximum absolute atomic E-state index is 12.1. The quantitative estimate of drug-likeness (QED) is 0.863. The van der Waals surface area contributed by atoms with Gasteiger partial charge < -0.3 is 5.32 Å². The van der Waals surface area contributed by atoms with Gasteiger partial charge in [0.25, 0.3) is 0 Å². The lowest BCUT2D eigenvalue weighted by Gasteiger charge is -2.06. The van der Waals surface area contributed by atoms with E-state index in [0.29, 0.717) is 13.1 Å². The highest BCUT2D eigenvalue weighted by Crippen LogP contribution is 2.18. The number of aryl methyl sites for hydroxylation is 3. The monoisotopic (exact) mass is 311 g/mol. The topological polar surface area (TPSA) is 46.9 Å². The van der Waals surface area contributed by atoms with Gasteiger partial charge in [0.15, 0.2) is 0 Å². The van der Waals surface area contributed by atoms with E-state index in [2.05, 4.69) is 47.8 Å². The molecule has 1 heterocycles. The van der Waals surface area contributed by atoms with Crippen LogP contribution in [0.3, 0.4) is 0 Å². The van der Waals surface area contributed by atoms with E-state index in [0.717, 1.165) is 19.3 Å². The van der Waals surface area contributed by atoms with Crippen molar-refractivity contribution in [3.63, 3.8) is 0 Å². The minimum Gasteiger partial charge on any atom is -0.354 e. The minimum absolute atomic E-state index is 0.0368. The molecule has 3 rings (SSSR count). The van der Waals surface area contributed by atoms with Crippen molar-refractivity contribution in [1.29, 1.82) is 0 Å². The van der Waals surface area contributed by atoms with Crippen LogP contribution in [0, 0.1) is 6.92 Å². The third kappa shape index (κ3) is 4.44. The van der Waals surface area contributed by atoms with E-state index in [-0.39, 0.29) is 5.91 Å². The average molecular weight is 311 g/mol. The molecule has 0 fully saturated rings. The van der Waals surface area contributed by atoms with Gasteiger partial charge in [-0.15, -0.1) is 0 Å². The molecular weight excluding hydrogens is 286 g/mol. The summed E-state index contributed by atoms with van der Waals surface area (Å²) in [5.74, 6) is 0.0368. The Morgan fingerprint density at radius 3 is 2.78 bits per heavy atom. The lowest BCUT2D eigenvalue weighted by atomic mass is 10.1. The Kier molecular flexibility index (Phi) is 5.11. The minimum atomic E-state index is 0.0368. The van der Waals surface area contributed by atoms with Crippen molar-refractivity contribution in [3.05, 3.63) is 52.8 Å². The third-order valence-electron chi connectivity index (χ3n) is 4.45. The molecule has 1 aromatic heterocycles. The molecule has 1 amide bonds. The Labute approximate surface area is 137 Å². The Balaban J connectivity index is 1.47. The number of amides is 1. The Hall–Kier alpha value is -2.10. The molecule has 4 heteroatoms. The fraction of sp³-hybridized carbons (Fsp3) is 0.474. The zero-order chi connectivity index (χ0) is 16.1. The average Bonchev–Trinajstić information content (AvgIpc) is 2.77. The Bertz CT molecular complexity index is 634. The predicted octanol–water partition coefficient (Wildman–Crippen LogP) is 2.82. The highest BCUT2D eigenvalue weighted by Gasteiger charge is 2.13. The number of hydrogen-bond acceptors (Lipinski definition) is 2. The van der Waals surface area contributed by atoms with Crippen LogP contribution in [0.25, 0.3) is 0 Å². The van der Waals surface area contributed by atoms with Gasteiger partial charge >= 0.3 is 0 Å². The van der Waals surface area contributed by atoms with Crippen LogP contribution < -0.4 is 5.32 Å². The molecule has 0 bridgehead atoms. The van der Waals surface area contributed by atoms with Crippen molar-refractivity contribution in [2.75, 3.05) is 6.54 Å². The molecule has 0 unspecified atom stereocenters. The Morgan fingerprint density at radius 1 is 1.17 bits per heavy atom. The van der Waals surface area contributed by atoms with Gasteiger partial charge in [-0.2, -0.15) is 5.10 Å². The first-order chi connectivity index (χ1) is 11.2. The molecule has 0 saturated heterocycles. The molecule has 122 valence electrons. The number of hydrogen-bond donors (Lipinski definition) is 1. The number of benzene rings is 1. The second-order valence-corrected chi connectivity index (χ2v) is 6.44. The molecule has 1 aliphatic rings. The summed E-state index contributed by atoms with van der Waals surface area (Å²) in [5, 5.41) is 7.57. The molecule has 2 aromatic rings. The van der Waals surface area contributed by atoms with Gasteiger partial charge in [0.2, 0.25) is 5.91 Å². The number of nitrogens with one attached hydrogen (secondary N) is 1. The van der Waals surface area contributed by atoms with Crippen molar-refractivity contribution in [1.82, 2.24) is 15.1 Å². The van der Waals surface area contributed by atoms with Crippen molar-refractivity contribution >= 4 is 5.91 Å². The van der Waals surface area contributed by atoms with Gasteiger partial charge in [0, 0.05) is 12.7 Å². The second-order valence-electron chi connectivity index (χ2n) is 6.44. The smallest absolute Gasteiger partial charge is 0.241 e. The van der Waals surface area contributed by atoms with Gasteiger partial charge in [-0.05, 0) is 50.2 Å². The fourth-order valence-electron chi connectivity index (χ4n) is 3.09. The number of nitrogens with zero attached hydrogens (tertiary/aromatic N) is 2. The van der Waals surface area contributed by atoms with Gasteiger partial charge in [0.1, 0.15) is 6.54 Å². The number of carbonyl (C=O) groups excluding carboxylic acids is 1. The van der Waals surface area contributed by atoms with Gasteiger partial charge in [-0.3, -0.25) is 9.48 Å². The summed E-state index contributed by atoms with van der Waals surface area (Å²) >= 11 is 0. The summed E-state index contributed by atoms with van der Waals surface area (Å²) in [6, 6.07) is 8.44. The molecule has 1 N–H and O–H groups in total. The fourth-order valence-corrected chi connectivity index (χ4v) is 3.09. The van der Waals surface area contributed by atoms with E-state index in [1.807, 2.05) is 0 Å². The maximum Gasteiger partial charge on any atom is 0.241 e. The van der Waals surface area contributed by atoms with E-state index in [1.54, 1.807) is 4.68 Å². The van der Waals surface area contributed by atoms with E-state index in [4.69, 9.17) is 0 Å². The molecule has 0 saturated carbocycles. The van der Waals surface area contributed by atoms with E-state index in [9.17, 15) is 4.79 Å². The summed E-state index contributed by atoms with van der Waals surface area (Å²) in [7, 11) is 0. The van der Waals surface area contributed by atoms with Crippen LogP contribution in [0.2, 0.25) is 0 Å². The summed E-state index contributed by atoms with van der Waals surface area (Å²) in [5.41, 5.74) is 5.03. The summed E-state index contributed by atoms with van der Waals surface area (Å²) in [6.07, 6.45) is 8.81. The van der Waals surface area contributed by atoms with Crippen molar-refractivity contribution < 1.29 is 4.79 Å². The lowest BCUT2D eigenvalue weighted by molar-refractivity contribution is -0.121. The number of carbonyl (C=O) groups is 1. The number of fused-ring (bicyclic) bond motifs is 1. The van der Waals surface area contributed by atoms with Crippen molar-refractivity contribution in [3.8, 4) is 0 Å². The van der Waals surface area contributed by atoms with Crippen LogP contribution in [0.4, 0.5) is 0 Å². The van der Waals surface area contributed by atoms with Gasteiger partial charge in [-0.25, -0.2) is 0 Å². The summed E-state index contributed by atoms with van der Waals surface area (Å²) in [4.78, 5) is 12.1. The van der Waals surface area contributed by atoms with Crippen LogP contribution in [0.5, 0.6) is 0 Å². The van der Waals surface area contributed by atoms with Crippen molar-refractivity contribution in [2.24, 2.45) is 0 Å². The zero-order valence-electron chi connectivity index (χ0n) is 13.8. The highest BCUT2D eigenvalue weighted by atomic mass is 16.2. The van der Waals surface area contributed by atoms with E-state index in [1.165, 1.54) is 41.6 Å². The first-order valence-corrected chi connectivity index (χ1v) is 8.58. The molecule has 23 heavy (non-hydrogen) atoms. The Morgan fingerprint density at radius 2 is 1.96 bits per heavy atom. The maximum atomic E-state index is 12.1. The van der Waals surface area contributed by atoms with E-state index >= 15 is 0 Å². The molecule has 1 aliphatic carbocycles. The van der Waals surface area contributed by atoms with Crippen LogP contribution in [-0.2, 0) is 30.6 Å². The first-order valence-electron chi connectivity index (χ1n) is 8.58. The normalized spacial score (nSPS) is 14.1. The van der Waals surface area contributed by atoms with Gasteiger partial charge in [-0.1, -0.05) is 36.2 Å². The zero-order valence-corrected chi connectivity index (χ0v) is 13.8. The molecule has 0 aliphatic heterocycles. The van der Waals surface area contributed by atoms with Crippen LogP contribution >= 0.6 is 0 Å². The largest absolute Gasteiger partial charge is 0.354 e. The van der Waals surface area contributed by atoms with Crippen LogP contribution in [0.15, 0.2) is 30.5 Å². The standard InChI is InChI=1S/C19H25N3O/c1-15-7-9-16(10-8-15)11-12-20-19(23)14-22-13-17-5-3-2-4-6-18(17)21-22/h7-10,13H,2-6,11-12,14H2,1H3,(H,20,23). The number of aromatic nitrogens is 2. The molecule has 0 spiro atoms. The first kappa shape index (κ1) is 15.8. The van der Waals surface area contributed by atoms with Gasteiger partial charge in [0.05, 0.1) is 5.69 Å². The van der Waals surface area contributed by atoms with Crippen LogP contribution in [0.1, 0.15) is 41.6 Å². The molecule has 4 nitrogen and oxygen atoms in total. The third-order valence-corrected chi connectivity index (χ3v) is 4.45. The lowest BCUT2D eigenvalue weighted by Crippen LogP contribution is -2.29. The van der Waals surface area contributed by atoms with E-state index < -0.39 is 0 Å². The second kappa shape index (κ2) is 7.44. The summed E-state index contributed by atoms with van der Waals surface area (Å²) in [6.45, 7) is 3.07. The molecule has 1 aromatic carbocycles. The molecule has 0 atom stereocenters. The highest BCUT2D eigenvalue weighted by molar-refractivity contribution is 5.75. The molecular formula is C19H25N3O. The SMILES string of the molecule is Cc1ccc(CCNC(=O)Cn2cc3c(n2)CCCCC3)cc1.